The van der Waals surface area contributed by atoms with Crippen molar-refractivity contribution in [2.24, 2.45) is 11.8 Å². The van der Waals surface area contributed by atoms with Gasteiger partial charge in [-0.25, -0.2) is 0 Å². The third kappa shape index (κ3) is 1.03. The number of rotatable bonds is 2. The van der Waals surface area contributed by atoms with Crippen molar-refractivity contribution < 1.29 is 19.4 Å². The summed E-state index contributed by atoms with van der Waals surface area (Å²) in [7, 11) is 0. The van der Waals surface area contributed by atoms with Crippen LogP contribution in [-0.4, -0.2) is 46.2 Å². The van der Waals surface area contributed by atoms with E-state index in [9.17, 15) is 14.7 Å². The molecule has 1 N–H and O–H groups in total. The van der Waals surface area contributed by atoms with E-state index >= 15 is 0 Å². The van der Waals surface area contributed by atoms with Crippen LogP contribution in [0.1, 0.15) is 12.8 Å². The summed E-state index contributed by atoms with van der Waals surface area (Å²) in [5.41, 5.74) is -0.645. The summed E-state index contributed by atoms with van der Waals surface area (Å²) in [4.78, 5) is 25.4. The standard InChI is InChI=1S/C12H13NO4/c14-10-9-8(11(15)16)7-3-4-12(9,17-7)5-13(10)6-1-2-6/h3-4,6-9H,1-2,5H2,(H,15,16)/t7-,8+,9-,12+/m1/s1. The molecule has 4 atom stereocenters. The lowest BCUT2D eigenvalue weighted by molar-refractivity contribution is -0.148. The van der Waals surface area contributed by atoms with Gasteiger partial charge in [-0.2, -0.15) is 0 Å². The number of likely N-dealkylation sites (tertiary alicyclic amines) is 1. The zero-order valence-electron chi connectivity index (χ0n) is 9.20. The molecule has 4 aliphatic rings. The lowest BCUT2D eigenvalue weighted by Crippen LogP contribution is -2.39. The van der Waals surface area contributed by atoms with E-state index in [0.717, 1.165) is 12.8 Å². The first kappa shape index (κ1) is 9.65. The molecule has 2 bridgehead atoms. The van der Waals surface area contributed by atoms with Gasteiger partial charge in [0.05, 0.1) is 18.6 Å². The molecule has 0 unspecified atom stereocenters. The fraction of sp³-hybridized carbons (Fsp3) is 0.667. The Hall–Kier alpha value is -1.36. The molecule has 4 rings (SSSR count). The minimum atomic E-state index is -0.919. The summed E-state index contributed by atoms with van der Waals surface area (Å²) >= 11 is 0. The summed E-state index contributed by atoms with van der Waals surface area (Å²) in [6.45, 7) is 0.540. The van der Waals surface area contributed by atoms with Crippen molar-refractivity contribution in [1.82, 2.24) is 4.90 Å². The number of carbonyl (C=O) groups is 2. The van der Waals surface area contributed by atoms with Gasteiger partial charge in [0.1, 0.15) is 11.5 Å². The number of carbonyl (C=O) groups excluding carboxylic acids is 1. The van der Waals surface area contributed by atoms with Crippen LogP contribution in [0.25, 0.3) is 0 Å². The van der Waals surface area contributed by atoms with E-state index in [0.29, 0.717) is 12.6 Å². The van der Waals surface area contributed by atoms with Gasteiger partial charge in [0.2, 0.25) is 5.91 Å². The average Bonchev–Trinajstić information content (AvgIpc) is 2.89. The summed E-state index contributed by atoms with van der Waals surface area (Å²) < 4.78 is 5.78. The lowest BCUT2D eigenvalue weighted by Gasteiger charge is -2.21. The molecule has 0 aromatic rings. The summed E-state index contributed by atoms with van der Waals surface area (Å²) in [5, 5.41) is 9.25. The van der Waals surface area contributed by atoms with Gasteiger partial charge >= 0.3 is 5.97 Å². The Bertz CT molecular complexity index is 455. The predicted octanol–water partition coefficient (Wildman–Crippen LogP) is 0.0154. The molecule has 3 aliphatic heterocycles. The van der Waals surface area contributed by atoms with Crippen LogP contribution in [-0.2, 0) is 14.3 Å². The van der Waals surface area contributed by atoms with Crippen LogP contribution in [0.2, 0.25) is 0 Å². The molecule has 2 saturated heterocycles. The fourth-order valence-electron chi connectivity index (χ4n) is 3.51. The van der Waals surface area contributed by atoms with Gasteiger partial charge in [0.25, 0.3) is 0 Å². The molecule has 1 aliphatic carbocycles. The van der Waals surface area contributed by atoms with Gasteiger partial charge < -0.3 is 14.7 Å². The van der Waals surface area contributed by atoms with Crippen molar-refractivity contribution in [3.05, 3.63) is 12.2 Å². The molecule has 3 fully saturated rings. The SMILES string of the molecule is O=C(O)[C@H]1[C@H]2C=C[C@@]3(CN(C4CC4)C(=O)[C@@H]13)O2. The highest BCUT2D eigenvalue weighted by Crippen LogP contribution is 2.53. The average molecular weight is 235 g/mol. The summed E-state index contributed by atoms with van der Waals surface area (Å²) in [6, 6.07) is 0.327. The molecule has 5 heteroatoms. The second-order valence-electron chi connectivity index (χ2n) is 5.44. The van der Waals surface area contributed by atoms with Crippen molar-refractivity contribution in [3.8, 4) is 0 Å². The Morgan fingerprint density at radius 2 is 2.29 bits per heavy atom. The van der Waals surface area contributed by atoms with E-state index in [1.165, 1.54) is 0 Å². The minimum absolute atomic E-state index is 0.0215. The number of nitrogens with zero attached hydrogens (tertiary/aromatic N) is 1. The van der Waals surface area contributed by atoms with E-state index in [2.05, 4.69) is 0 Å². The zero-order chi connectivity index (χ0) is 11.8. The number of amides is 1. The normalized spacial score (nSPS) is 46.7. The molecule has 17 heavy (non-hydrogen) atoms. The van der Waals surface area contributed by atoms with Gasteiger partial charge in [0, 0.05) is 6.04 Å². The maximum absolute atomic E-state index is 12.3. The highest BCUT2D eigenvalue weighted by molar-refractivity contribution is 5.91. The summed E-state index contributed by atoms with van der Waals surface area (Å²) in [5.74, 6) is -2.14. The molecule has 0 aromatic carbocycles. The topological polar surface area (TPSA) is 66.8 Å². The van der Waals surface area contributed by atoms with E-state index in [1.807, 2.05) is 11.0 Å². The third-order valence-electron chi connectivity index (χ3n) is 4.40. The van der Waals surface area contributed by atoms with Crippen LogP contribution in [0.15, 0.2) is 12.2 Å². The molecular formula is C12H13NO4. The second-order valence-corrected chi connectivity index (χ2v) is 5.44. The molecule has 1 amide bonds. The number of carboxylic acid groups (broad SMARTS) is 1. The van der Waals surface area contributed by atoms with E-state index in [4.69, 9.17) is 4.74 Å². The van der Waals surface area contributed by atoms with E-state index in [-0.39, 0.29) is 5.91 Å². The van der Waals surface area contributed by atoms with Crippen molar-refractivity contribution in [3.63, 3.8) is 0 Å². The third-order valence-corrected chi connectivity index (χ3v) is 4.40. The fourth-order valence-corrected chi connectivity index (χ4v) is 3.51. The smallest absolute Gasteiger partial charge is 0.310 e. The van der Waals surface area contributed by atoms with E-state index < -0.39 is 29.5 Å². The Morgan fingerprint density at radius 1 is 1.53 bits per heavy atom. The largest absolute Gasteiger partial charge is 0.481 e. The van der Waals surface area contributed by atoms with Crippen LogP contribution in [0, 0.1) is 11.8 Å². The first-order valence-electron chi connectivity index (χ1n) is 6.03. The monoisotopic (exact) mass is 235 g/mol. The van der Waals surface area contributed by atoms with Crippen molar-refractivity contribution in [2.75, 3.05) is 6.54 Å². The molecule has 1 saturated carbocycles. The highest BCUT2D eigenvalue weighted by atomic mass is 16.5. The summed E-state index contributed by atoms with van der Waals surface area (Å²) in [6.07, 6.45) is 5.38. The minimum Gasteiger partial charge on any atom is -0.481 e. The molecule has 0 radical (unpaired) electrons. The lowest BCUT2D eigenvalue weighted by atomic mass is 9.77. The van der Waals surface area contributed by atoms with Gasteiger partial charge in [-0.3, -0.25) is 9.59 Å². The number of ether oxygens (including phenoxy) is 1. The number of hydrogen-bond acceptors (Lipinski definition) is 3. The van der Waals surface area contributed by atoms with Crippen LogP contribution in [0.3, 0.4) is 0 Å². The highest BCUT2D eigenvalue weighted by Gasteiger charge is 2.68. The van der Waals surface area contributed by atoms with Crippen molar-refractivity contribution in [1.29, 1.82) is 0 Å². The van der Waals surface area contributed by atoms with E-state index in [1.54, 1.807) is 6.08 Å². The Kier molecular flexibility index (Phi) is 1.54. The van der Waals surface area contributed by atoms with Gasteiger partial charge in [-0.1, -0.05) is 12.2 Å². The number of fused-ring (bicyclic) bond motifs is 1. The van der Waals surface area contributed by atoms with Crippen molar-refractivity contribution >= 4 is 11.9 Å². The van der Waals surface area contributed by atoms with Crippen LogP contribution >= 0.6 is 0 Å². The van der Waals surface area contributed by atoms with Crippen LogP contribution < -0.4 is 0 Å². The van der Waals surface area contributed by atoms with Gasteiger partial charge in [-0.05, 0) is 12.8 Å². The number of hydrogen-bond donors (Lipinski definition) is 1. The van der Waals surface area contributed by atoms with Gasteiger partial charge in [0.15, 0.2) is 0 Å². The Morgan fingerprint density at radius 3 is 2.94 bits per heavy atom. The molecule has 3 heterocycles. The second kappa shape index (κ2) is 2.72. The molecule has 90 valence electrons. The van der Waals surface area contributed by atoms with Crippen LogP contribution in [0.4, 0.5) is 0 Å². The maximum atomic E-state index is 12.3. The molecule has 0 aromatic heterocycles. The number of carboxylic acids is 1. The molecule has 5 nitrogen and oxygen atoms in total. The quantitative estimate of drug-likeness (QED) is 0.685. The Balaban J connectivity index is 1.76. The zero-order valence-corrected chi connectivity index (χ0v) is 9.20. The molecular weight excluding hydrogens is 222 g/mol. The first-order valence-corrected chi connectivity index (χ1v) is 6.03. The predicted molar refractivity (Wildman–Crippen MR) is 56.1 cm³/mol. The van der Waals surface area contributed by atoms with Crippen LogP contribution in [0.5, 0.6) is 0 Å². The van der Waals surface area contributed by atoms with Gasteiger partial charge in [-0.15, -0.1) is 0 Å². The Labute approximate surface area is 98.0 Å². The first-order chi connectivity index (χ1) is 8.12. The maximum Gasteiger partial charge on any atom is 0.310 e. The molecule has 1 spiro atoms. The van der Waals surface area contributed by atoms with Crippen molar-refractivity contribution in [2.45, 2.75) is 30.6 Å². The number of aliphatic carboxylic acids is 1.